The predicted molar refractivity (Wildman–Crippen MR) is 120 cm³/mol. The summed E-state index contributed by atoms with van der Waals surface area (Å²) in [7, 11) is 1.58. The van der Waals surface area contributed by atoms with Gasteiger partial charge in [-0.25, -0.2) is 0 Å². The highest BCUT2D eigenvalue weighted by atomic mass is 16.5. The van der Waals surface area contributed by atoms with Gasteiger partial charge in [-0.3, -0.25) is 4.79 Å². The lowest BCUT2D eigenvalue weighted by molar-refractivity contribution is 0.0505. The molecule has 32 heavy (non-hydrogen) atoms. The molecule has 8 nitrogen and oxygen atoms in total. The smallest absolute Gasteiger partial charge is 0.258 e. The van der Waals surface area contributed by atoms with Crippen LogP contribution < -0.4 is 4.74 Å². The molecule has 8 heteroatoms. The average Bonchev–Trinajstić information content (AvgIpc) is 3.50. The van der Waals surface area contributed by atoms with E-state index in [1.807, 2.05) is 29.2 Å². The maximum atomic E-state index is 13.6. The van der Waals surface area contributed by atoms with Crippen molar-refractivity contribution in [3.63, 3.8) is 0 Å². The maximum Gasteiger partial charge on any atom is 0.258 e. The minimum atomic E-state index is -0.104. The molecule has 0 aliphatic carbocycles. The van der Waals surface area contributed by atoms with Crippen molar-refractivity contribution in [2.24, 2.45) is 0 Å². The highest BCUT2D eigenvalue weighted by molar-refractivity contribution is 5.97. The van der Waals surface area contributed by atoms with Crippen LogP contribution in [0.1, 0.15) is 34.3 Å². The van der Waals surface area contributed by atoms with Crippen LogP contribution in [-0.4, -0.2) is 57.2 Å². The van der Waals surface area contributed by atoms with E-state index in [9.17, 15) is 4.79 Å². The summed E-state index contributed by atoms with van der Waals surface area (Å²) in [6.45, 7) is 3.65. The van der Waals surface area contributed by atoms with Crippen molar-refractivity contribution in [1.82, 2.24) is 24.9 Å². The van der Waals surface area contributed by atoms with Crippen LogP contribution in [-0.2, 0) is 11.3 Å². The van der Waals surface area contributed by atoms with Crippen LogP contribution in [0.5, 0.6) is 5.75 Å². The number of carbonyl (C=O) groups is 1. The number of tetrazole rings is 1. The number of methoxy groups -OCH3 is 1. The summed E-state index contributed by atoms with van der Waals surface area (Å²) in [6.07, 6.45) is 1.96. The number of nitrogens with zero attached hydrogens (tertiary/aromatic N) is 5. The van der Waals surface area contributed by atoms with Crippen LogP contribution in [0, 0.1) is 6.92 Å². The molecule has 0 saturated carbocycles. The number of rotatable bonds is 6. The Kier molecular flexibility index (Phi) is 5.45. The fraction of sp³-hybridized carbons (Fsp3) is 0.333. The highest BCUT2D eigenvalue weighted by Gasteiger charge is 2.26. The lowest BCUT2D eigenvalue weighted by Crippen LogP contribution is -2.37. The van der Waals surface area contributed by atoms with Gasteiger partial charge in [0.15, 0.2) is 5.65 Å². The topological polar surface area (TPSA) is 81.9 Å². The number of aryl methyl sites for hydroxylation is 1. The number of hydrogen-bond acceptors (Lipinski definition) is 6. The summed E-state index contributed by atoms with van der Waals surface area (Å²) in [5.74, 6) is 0.450. The van der Waals surface area contributed by atoms with Crippen LogP contribution in [0.15, 0.2) is 48.5 Å². The van der Waals surface area contributed by atoms with Gasteiger partial charge in [0.1, 0.15) is 5.75 Å². The summed E-state index contributed by atoms with van der Waals surface area (Å²) in [5, 5.41) is 13.4. The van der Waals surface area contributed by atoms with Crippen LogP contribution in [0.2, 0.25) is 0 Å². The average molecular weight is 431 g/mol. The van der Waals surface area contributed by atoms with Gasteiger partial charge in [-0.2, -0.15) is 4.52 Å². The summed E-state index contributed by atoms with van der Waals surface area (Å²) < 4.78 is 13.0. The maximum absolute atomic E-state index is 13.6. The Morgan fingerprint density at radius 1 is 1.25 bits per heavy atom. The van der Waals surface area contributed by atoms with Crippen LogP contribution in [0.4, 0.5) is 0 Å². The van der Waals surface area contributed by atoms with Gasteiger partial charge < -0.3 is 14.4 Å². The van der Waals surface area contributed by atoms with E-state index in [0.717, 1.165) is 41.5 Å². The molecule has 4 aromatic rings. The third kappa shape index (κ3) is 3.78. The monoisotopic (exact) mass is 431 g/mol. The van der Waals surface area contributed by atoms with Crippen molar-refractivity contribution < 1.29 is 14.3 Å². The Morgan fingerprint density at radius 3 is 2.94 bits per heavy atom. The molecule has 0 N–H and O–H groups in total. The van der Waals surface area contributed by atoms with E-state index in [1.165, 1.54) is 0 Å². The summed E-state index contributed by atoms with van der Waals surface area (Å²) >= 11 is 0. The van der Waals surface area contributed by atoms with Gasteiger partial charge in [-0.05, 0) is 60.5 Å². The van der Waals surface area contributed by atoms with Gasteiger partial charge in [0.2, 0.25) is 0 Å². The van der Waals surface area contributed by atoms with Crippen molar-refractivity contribution in [1.29, 1.82) is 0 Å². The van der Waals surface area contributed by atoms with E-state index in [0.29, 0.717) is 30.0 Å². The Hall–Kier alpha value is -3.52. The number of carbonyl (C=O) groups excluding carboxylic acids is 1. The van der Waals surface area contributed by atoms with Crippen molar-refractivity contribution in [3.05, 3.63) is 65.2 Å². The van der Waals surface area contributed by atoms with Gasteiger partial charge >= 0.3 is 0 Å². The second kappa shape index (κ2) is 8.55. The first-order valence-corrected chi connectivity index (χ1v) is 10.8. The molecule has 0 bridgehead atoms. The standard InChI is InChI=1S/C24H25N5O3/c1-16-9-10-21-17(12-16)13-18(23-25-26-27-29(21)23)14-28(15-19-6-5-11-32-19)24(30)20-7-3-4-8-22(20)31-2/h3-4,7-10,12-13,19H,5-6,11,14-15H2,1-2H3/t19-/m1/s1. The van der Waals surface area contributed by atoms with E-state index in [1.54, 1.807) is 23.8 Å². The minimum Gasteiger partial charge on any atom is -0.496 e. The third-order valence-corrected chi connectivity index (χ3v) is 5.93. The molecule has 0 unspecified atom stereocenters. The third-order valence-electron chi connectivity index (χ3n) is 5.93. The molecule has 1 saturated heterocycles. The lowest BCUT2D eigenvalue weighted by atomic mass is 10.1. The molecular weight excluding hydrogens is 406 g/mol. The number of fused-ring (bicyclic) bond motifs is 3. The van der Waals surface area contributed by atoms with Gasteiger partial charge in [0.25, 0.3) is 5.91 Å². The van der Waals surface area contributed by atoms with Crippen molar-refractivity contribution in [2.75, 3.05) is 20.3 Å². The molecule has 0 radical (unpaired) electrons. The minimum absolute atomic E-state index is 0.0170. The Balaban J connectivity index is 1.56. The number of benzene rings is 2. The molecule has 5 rings (SSSR count). The van der Waals surface area contributed by atoms with Gasteiger partial charge in [-0.15, -0.1) is 5.10 Å². The van der Waals surface area contributed by atoms with Crippen LogP contribution in [0.25, 0.3) is 16.6 Å². The largest absolute Gasteiger partial charge is 0.496 e. The van der Waals surface area contributed by atoms with E-state index < -0.39 is 0 Å². The van der Waals surface area contributed by atoms with Gasteiger partial charge in [-0.1, -0.05) is 23.8 Å². The molecular formula is C24H25N5O3. The molecule has 1 amide bonds. The fourth-order valence-corrected chi connectivity index (χ4v) is 4.35. The lowest BCUT2D eigenvalue weighted by Gasteiger charge is -2.26. The molecule has 2 aromatic heterocycles. The normalized spacial score (nSPS) is 16.0. The zero-order valence-corrected chi connectivity index (χ0v) is 18.2. The number of pyridine rings is 1. The Bertz CT molecular complexity index is 1280. The Morgan fingerprint density at radius 2 is 2.12 bits per heavy atom. The molecule has 3 heterocycles. The summed E-state index contributed by atoms with van der Waals surface area (Å²) in [5.41, 5.74) is 4.14. The van der Waals surface area contributed by atoms with Crippen molar-refractivity contribution >= 4 is 22.5 Å². The SMILES string of the molecule is COc1ccccc1C(=O)N(Cc1cc2cc(C)ccc2n2nnnc12)C[C@H]1CCCO1. The zero-order valence-electron chi connectivity index (χ0n) is 18.2. The first kappa shape index (κ1) is 20.4. The first-order chi connectivity index (χ1) is 15.6. The van der Waals surface area contributed by atoms with Crippen LogP contribution in [0.3, 0.4) is 0 Å². The zero-order chi connectivity index (χ0) is 22.1. The number of ether oxygens (including phenoxy) is 2. The second-order valence-corrected chi connectivity index (χ2v) is 8.17. The molecule has 2 aromatic carbocycles. The molecule has 1 fully saturated rings. The van der Waals surface area contributed by atoms with Crippen molar-refractivity contribution in [3.8, 4) is 5.75 Å². The van der Waals surface area contributed by atoms with Crippen LogP contribution >= 0.6 is 0 Å². The second-order valence-electron chi connectivity index (χ2n) is 8.17. The number of para-hydroxylation sites is 1. The number of amides is 1. The first-order valence-electron chi connectivity index (χ1n) is 10.8. The van der Waals surface area contributed by atoms with Crippen molar-refractivity contribution in [2.45, 2.75) is 32.4 Å². The van der Waals surface area contributed by atoms with E-state index in [4.69, 9.17) is 9.47 Å². The highest BCUT2D eigenvalue weighted by Crippen LogP contribution is 2.25. The molecule has 1 aliphatic rings. The molecule has 164 valence electrons. The molecule has 1 atom stereocenters. The van der Waals surface area contributed by atoms with Gasteiger partial charge in [0, 0.05) is 30.6 Å². The molecule has 0 spiro atoms. The van der Waals surface area contributed by atoms with E-state index in [-0.39, 0.29) is 12.0 Å². The quantitative estimate of drug-likeness (QED) is 0.465. The van der Waals surface area contributed by atoms with E-state index in [2.05, 4.69) is 34.6 Å². The van der Waals surface area contributed by atoms with Gasteiger partial charge in [0.05, 0.1) is 24.3 Å². The fourth-order valence-electron chi connectivity index (χ4n) is 4.35. The number of hydrogen-bond donors (Lipinski definition) is 0. The Labute approximate surface area is 185 Å². The molecule has 1 aliphatic heterocycles. The predicted octanol–water partition coefficient (Wildman–Crippen LogP) is 3.42. The summed E-state index contributed by atoms with van der Waals surface area (Å²) in [6, 6.07) is 15.5. The number of aromatic nitrogens is 4. The summed E-state index contributed by atoms with van der Waals surface area (Å²) in [4.78, 5) is 15.5. The van der Waals surface area contributed by atoms with E-state index >= 15 is 0 Å².